The highest BCUT2D eigenvalue weighted by Gasteiger charge is 2.22. The van der Waals surface area contributed by atoms with Crippen LogP contribution in [0.3, 0.4) is 0 Å². The standard InChI is InChI=1S/C11H14N2O/c1-11(2,3)10-8-6-7(12)4-5-9(8)13-14-10/h4-6H,12H2,1-3H3. The molecular weight excluding hydrogens is 176 g/mol. The van der Waals surface area contributed by atoms with Crippen LogP contribution in [0.4, 0.5) is 5.69 Å². The number of rotatable bonds is 0. The monoisotopic (exact) mass is 190 g/mol. The van der Waals surface area contributed by atoms with Crippen molar-refractivity contribution < 1.29 is 4.52 Å². The van der Waals surface area contributed by atoms with Crippen molar-refractivity contribution in [3.63, 3.8) is 0 Å². The van der Waals surface area contributed by atoms with Gasteiger partial charge >= 0.3 is 0 Å². The number of hydrogen-bond acceptors (Lipinski definition) is 3. The van der Waals surface area contributed by atoms with Crippen LogP contribution in [0, 0.1) is 0 Å². The van der Waals surface area contributed by atoms with Gasteiger partial charge < -0.3 is 10.3 Å². The lowest BCUT2D eigenvalue weighted by atomic mass is 9.91. The van der Waals surface area contributed by atoms with Gasteiger partial charge in [-0.2, -0.15) is 0 Å². The van der Waals surface area contributed by atoms with E-state index in [1.54, 1.807) is 0 Å². The fraction of sp³-hybridized carbons (Fsp3) is 0.364. The maximum absolute atomic E-state index is 5.73. The van der Waals surface area contributed by atoms with Crippen LogP contribution in [-0.2, 0) is 5.41 Å². The molecule has 1 aromatic carbocycles. The van der Waals surface area contributed by atoms with Crippen LogP contribution in [0.25, 0.3) is 10.9 Å². The van der Waals surface area contributed by atoms with E-state index in [1.807, 2.05) is 18.2 Å². The van der Waals surface area contributed by atoms with E-state index >= 15 is 0 Å². The van der Waals surface area contributed by atoms with E-state index in [-0.39, 0.29) is 5.41 Å². The van der Waals surface area contributed by atoms with Crippen molar-refractivity contribution in [2.45, 2.75) is 26.2 Å². The number of nitrogen functional groups attached to an aromatic ring is 1. The summed E-state index contributed by atoms with van der Waals surface area (Å²) in [5, 5.41) is 5.01. The summed E-state index contributed by atoms with van der Waals surface area (Å²) in [6.07, 6.45) is 0. The summed E-state index contributed by atoms with van der Waals surface area (Å²) >= 11 is 0. The van der Waals surface area contributed by atoms with E-state index in [0.717, 1.165) is 22.4 Å². The van der Waals surface area contributed by atoms with E-state index in [9.17, 15) is 0 Å². The summed E-state index contributed by atoms with van der Waals surface area (Å²) in [5.41, 5.74) is 7.29. The topological polar surface area (TPSA) is 52.0 Å². The Hall–Kier alpha value is -1.51. The lowest BCUT2D eigenvalue weighted by molar-refractivity contribution is 0.336. The molecule has 2 N–H and O–H groups in total. The number of nitrogens with zero attached hydrogens (tertiary/aromatic N) is 1. The number of hydrogen-bond donors (Lipinski definition) is 1. The molecule has 0 aliphatic carbocycles. The first-order valence-corrected chi connectivity index (χ1v) is 4.64. The molecular formula is C11H14N2O. The quantitative estimate of drug-likeness (QED) is 0.650. The van der Waals surface area contributed by atoms with Crippen molar-refractivity contribution in [3.8, 4) is 0 Å². The van der Waals surface area contributed by atoms with Crippen molar-refractivity contribution in [1.82, 2.24) is 5.16 Å². The molecule has 0 fully saturated rings. The van der Waals surface area contributed by atoms with Gasteiger partial charge in [0.2, 0.25) is 0 Å². The maximum Gasteiger partial charge on any atom is 0.149 e. The first kappa shape index (κ1) is 9.06. The Morgan fingerprint density at radius 2 is 2.00 bits per heavy atom. The van der Waals surface area contributed by atoms with Crippen LogP contribution in [0.15, 0.2) is 22.7 Å². The first-order valence-electron chi connectivity index (χ1n) is 4.64. The van der Waals surface area contributed by atoms with Crippen LogP contribution >= 0.6 is 0 Å². The number of aromatic nitrogens is 1. The molecule has 0 aliphatic heterocycles. The largest absolute Gasteiger partial charge is 0.399 e. The third-order valence-electron chi connectivity index (χ3n) is 2.18. The minimum absolute atomic E-state index is 0.0391. The molecule has 2 aromatic rings. The zero-order valence-electron chi connectivity index (χ0n) is 8.66. The van der Waals surface area contributed by atoms with Gasteiger partial charge in [0.1, 0.15) is 11.3 Å². The second-order valence-corrected chi connectivity index (χ2v) is 4.54. The molecule has 0 spiro atoms. The van der Waals surface area contributed by atoms with Crippen LogP contribution < -0.4 is 5.73 Å². The van der Waals surface area contributed by atoms with E-state index < -0.39 is 0 Å². The minimum Gasteiger partial charge on any atom is -0.399 e. The second-order valence-electron chi connectivity index (χ2n) is 4.54. The van der Waals surface area contributed by atoms with Gasteiger partial charge in [0.15, 0.2) is 0 Å². The molecule has 0 saturated carbocycles. The molecule has 1 aromatic heterocycles. The first-order chi connectivity index (χ1) is 6.48. The highest BCUT2D eigenvalue weighted by Crippen LogP contribution is 2.30. The molecule has 0 saturated heterocycles. The van der Waals surface area contributed by atoms with Gasteiger partial charge in [-0.05, 0) is 18.2 Å². The summed E-state index contributed by atoms with van der Waals surface area (Å²) in [4.78, 5) is 0. The predicted molar refractivity (Wildman–Crippen MR) is 57.1 cm³/mol. The van der Waals surface area contributed by atoms with Crippen molar-refractivity contribution in [3.05, 3.63) is 24.0 Å². The minimum atomic E-state index is -0.0391. The van der Waals surface area contributed by atoms with E-state index in [1.165, 1.54) is 0 Å². The van der Waals surface area contributed by atoms with Crippen molar-refractivity contribution in [1.29, 1.82) is 0 Å². The zero-order valence-corrected chi connectivity index (χ0v) is 8.66. The number of benzene rings is 1. The third kappa shape index (κ3) is 1.35. The number of fused-ring (bicyclic) bond motifs is 1. The molecule has 0 amide bonds. The Morgan fingerprint density at radius 1 is 1.29 bits per heavy atom. The summed E-state index contributed by atoms with van der Waals surface area (Å²) in [5.74, 6) is 0.889. The molecule has 0 atom stereocenters. The Bertz CT molecular complexity index is 466. The fourth-order valence-electron chi connectivity index (χ4n) is 1.50. The Morgan fingerprint density at radius 3 is 2.64 bits per heavy atom. The predicted octanol–water partition coefficient (Wildman–Crippen LogP) is 2.71. The smallest absolute Gasteiger partial charge is 0.149 e. The van der Waals surface area contributed by atoms with Gasteiger partial charge in [0, 0.05) is 16.5 Å². The molecule has 0 aliphatic rings. The molecule has 3 heteroatoms. The number of anilines is 1. The lowest BCUT2D eigenvalue weighted by Gasteiger charge is -2.13. The molecule has 0 radical (unpaired) electrons. The van der Waals surface area contributed by atoms with Gasteiger partial charge in [0.25, 0.3) is 0 Å². The van der Waals surface area contributed by atoms with Crippen molar-refractivity contribution in [2.24, 2.45) is 0 Å². The fourth-order valence-corrected chi connectivity index (χ4v) is 1.50. The zero-order chi connectivity index (χ0) is 10.3. The highest BCUT2D eigenvalue weighted by atomic mass is 16.5. The summed E-state index contributed by atoms with van der Waals surface area (Å²) in [6, 6.07) is 5.62. The molecule has 14 heavy (non-hydrogen) atoms. The summed E-state index contributed by atoms with van der Waals surface area (Å²) in [7, 11) is 0. The molecule has 2 rings (SSSR count). The molecule has 1 heterocycles. The number of nitrogens with two attached hydrogens (primary N) is 1. The Labute approximate surface area is 82.9 Å². The lowest BCUT2D eigenvalue weighted by Crippen LogP contribution is -2.09. The van der Waals surface area contributed by atoms with Crippen molar-refractivity contribution in [2.75, 3.05) is 5.73 Å². The summed E-state index contributed by atoms with van der Waals surface area (Å²) < 4.78 is 5.33. The van der Waals surface area contributed by atoms with Gasteiger partial charge in [-0.25, -0.2) is 0 Å². The van der Waals surface area contributed by atoms with Crippen LogP contribution in [0.5, 0.6) is 0 Å². The Balaban J connectivity index is 2.73. The van der Waals surface area contributed by atoms with E-state index in [4.69, 9.17) is 10.3 Å². The van der Waals surface area contributed by atoms with Crippen LogP contribution in [0.2, 0.25) is 0 Å². The molecule has 0 unspecified atom stereocenters. The van der Waals surface area contributed by atoms with Gasteiger partial charge in [-0.3, -0.25) is 0 Å². The SMILES string of the molecule is CC(C)(C)c1onc2ccc(N)cc12. The highest BCUT2D eigenvalue weighted by molar-refractivity contribution is 5.84. The molecule has 0 bridgehead atoms. The van der Waals surface area contributed by atoms with Gasteiger partial charge in [0.05, 0.1) is 0 Å². The average molecular weight is 190 g/mol. The molecule has 3 nitrogen and oxygen atoms in total. The average Bonchev–Trinajstić information content (AvgIpc) is 2.45. The summed E-state index contributed by atoms with van der Waals surface area (Å²) in [6.45, 7) is 6.28. The third-order valence-corrected chi connectivity index (χ3v) is 2.18. The molecule has 74 valence electrons. The maximum atomic E-state index is 5.73. The second kappa shape index (κ2) is 2.74. The van der Waals surface area contributed by atoms with Crippen LogP contribution in [-0.4, -0.2) is 5.16 Å². The van der Waals surface area contributed by atoms with Gasteiger partial charge in [-0.1, -0.05) is 25.9 Å². The van der Waals surface area contributed by atoms with E-state index in [2.05, 4.69) is 25.9 Å². The van der Waals surface area contributed by atoms with Crippen molar-refractivity contribution >= 4 is 16.6 Å². The van der Waals surface area contributed by atoms with E-state index in [0.29, 0.717) is 0 Å². The Kier molecular flexibility index (Phi) is 1.77. The van der Waals surface area contributed by atoms with Crippen LogP contribution in [0.1, 0.15) is 26.5 Å². The van der Waals surface area contributed by atoms with Gasteiger partial charge in [-0.15, -0.1) is 0 Å². The normalized spacial score (nSPS) is 12.2.